The molecule has 0 bridgehead atoms. The summed E-state index contributed by atoms with van der Waals surface area (Å²) >= 11 is 1.60. The molecule has 7 heteroatoms. The molecule has 2 aromatic heterocycles. The van der Waals surface area contributed by atoms with Gasteiger partial charge in [-0.05, 0) is 31.8 Å². The first-order chi connectivity index (χ1) is 11.1. The number of aryl methyl sites for hydroxylation is 1. The number of nitrogens with zero attached hydrogens (tertiary/aromatic N) is 2. The van der Waals surface area contributed by atoms with Gasteiger partial charge in [-0.25, -0.2) is 4.98 Å². The number of aromatic nitrogens is 1. The van der Waals surface area contributed by atoms with Crippen molar-refractivity contribution in [1.29, 1.82) is 0 Å². The third-order valence-corrected chi connectivity index (χ3v) is 4.16. The highest BCUT2D eigenvalue weighted by molar-refractivity contribution is 7.13. The summed E-state index contributed by atoms with van der Waals surface area (Å²) in [4.78, 5) is 19.3. The zero-order valence-corrected chi connectivity index (χ0v) is 14.6. The number of ether oxygens (including phenoxy) is 1. The van der Waals surface area contributed by atoms with E-state index in [1.54, 1.807) is 18.4 Å². The monoisotopic (exact) mass is 337 g/mol. The van der Waals surface area contributed by atoms with Crippen molar-refractivity contribution in [3.63, 3.8) is 0 Å². The lowest BCUT2D eigenvalue weighted by Gasteiger charge is -2.15. The minimum Gasteiger partial charge on any atom is -0.440 e. The Kier molecular flexibility index (Phi) is 6.76. The van der Waals surface area contributed by atoms with Crippen molar-refractivity contribution in [1.82, 2.24) is 15.2 Å². The Labute approximate surface area is 140 Å². The van der Waals surface area contributed by atoms with Crippen molar-refractivity contribution in [3.05, 3.63) is 29.0 Å². The van der Waals surface area contributed by atoms with Gasteiger partial charge in [-0.2, -0.15) is 0 Å². The molecule has 0 aliphatic rings. The summed E-state index contributed by atoms with van der Waals surface area (Å²) in [5.74, 6) is 1.44. The molecular weight excluding hydrogens is 314 g/mol. The lowest BCUT2D eigenvalue weighted by atomic mass is 10.3. The van der Waals surface area contributed by atoms with Crippen molar-refractivity contribution in [2.24, 2.45) is 0 Å². The first-order valence-corrected chi connectivity index (χ1v) is 8.42. The van der Waals surface area contributed by atoms with E-state index in [1.165, 1.54) is 0 Å². The van der Waals surface area contributed by atoms with Gasteiger partial charge in [-0.3, -0.25) is 9.69 Å². The van der Waals surface area contributed by atoms with E-state index in [0.29, 0.717) is 32.1 Å². The van der Waals surface area contributed by atoms with Crippen LogP contribution in [-0.4, -0.2) is 49.6 Å². The highest BCUT2D eigenvalue weighted by Crippen LogP contribution is 2.26. The molecule has 1 amide bonds. The second-order valence-electron chi connectivity index (χ2n) is 5.37. The van der Waals surface area contributed by atoms with Gasteiger partial charge in [0.15, 0.2) is 0 Å². The van der Waals surface area contributed by atoms with Crippen molar-refractivity contribution < 1.29 is 13.9 Å². The number of amides is 1. The second kappa shape index (κ2) is 8.81. The van der Waals surface area contributed by atoms with Crippen LogP contribution in [-0.2, 0) is 16.1 Å². The molecule has 0 radical (unpaired) electrons. The van der Waals surface area contributed by atoms with Crippen molar-refractivity contribution in [2.45, 2.75) is 19.9 Å². The van der Waals surface area contributed by atoms with Crippen LogP contribution in [0.3, 0.4) is 0 Å². The first-order valence-electron chi connectivity index (χ1n) is 7.54. The van der Waals surface area contributed by atoms with Gasteiger partial charge in [0.05, 0.1) is 17.1 Å². The number of hydrogen-bond donors (Lipinski definition) is 1. The van der Waals surface area contributed by atoms with Crippen LogP contribution in [0.5, 0.6) is 0 Å². The molecule has 0 saturated heterocycles. The summed E-state index contributed by atoms with van der Waals surface area (Å²) in [6, 6.07) is 3.95. The summed E-state index contributed by atoms with van der Waals surface area (Å²) < 4.78 is 10.7. The Balaban J connectivity index is 1.83. The molecule has 0 aliphatic carbocycles. The minimum absolute atomic E-state index is 0.00299. The number of methoxy groups -OCH3 is 1. The zero-order valence-electron chi connectivity index (χ0n) is 13.8. The fraction of sp³-hybridized carbons (Fsp3) is 0.500. The Bertz CT molecular complexity index is 610. The normalized spacial score (nSPS) is 11.1. The highest BCUT2D eigenvalue weighted by Gasteiger charge is 2.15. The number of oxazole rings is 1. The molecule has 2 heterocycles. The number of carbonyl (C=O) groups is 1. The minimum atomic E-state index is 0.00299. The van der Waals surface area contributed by atoms with Crippen LogP contribution < -0.4 is 5.32 Å². The van der Waals surface area contributed by atoms with Crippen LogP contribution >= 0.6 is 11.3 Å². The predicted octanol–water partition coefficient (Wildman–Crippen LogP) is 2.30. The maximum absolute atomic E-state index is 11.8. The van der Waals surface area contributed by atoms with Crippen LogP contribution in [0.1, 0.15) is 17.9 Å². The molecule has 6 nitrogen and oxygen atoms in total. The van der Waals surface area contributed by atoms with E-state index in [1.807, 2.05) is 36.4 Å². The number of thiophene rings is 1. The van der Waals surface area contributed by atoms with Gasteiger partial charge in [0.2, 0.25) is 11.8 Å². The third-order valence-electron chi connectivity index (χ3n) is 3.31. The standard InChI is InChI=1S/C16H23N3O3S/c1-12-13(18-16(22-12)14-6-4-9-23-14)10-19(2)11-15(20)17-7-5-8-21-3/h4,6,9H,5,7-8,10-11H2,1-3H3,(H,17,20). The molecule has 0 unspecified atom stereocenters. The lowest BCUT2D eigenvalue weighted by Crippen LogP contribution is -2.35. The SMILES string of the molecule is COCCCNC(=O)CN(C)Cc1nc(-c2cccs2)oc1C. The lowest BCUT2D eigenvalue weighted by molar-refractivity contribution is -0.122. The molecule has 0 aliphatic heterocycles. The Morgan fingerprint density at radius 1 is 1.52 bits per heavy atom. The maximum atomic E-state index is 11.8. The van der Waals surface area contributed by atoms with Crippen molar-refractivity contribution in [2.75, 3.05) is 33.9 Å². The van der Waals surface area contributed by atoms with Crippen LogP contribution in [0.4, 0.5) is 0 Å². The van der Waals surface area contributed by atoms with Crippen LogP contribution in [0, 0.1) is 6.92 Å². The summed E-state index contributed by atoms with van der Waals surface area (Å²) in [7, 11) is 3.55. The average molecular weight is 337 g/mol. The van der Waals surface area contributed by atoms with Gasteiger partial charge in [0.25, 0.3) is 0 Å². The molecule has 0 spiro atoms. The quantitative estimate of drug-likeness (QED) is 0.711. The molecule has 0 atom stereocenters. The van der Waals surface area contributed by atoms with E-state index in [2.05, 4.69) is 10.3 Å². The highest BCUT2D eigenvalue weighted by atomic mass is 32.1. The number of carbonyl (C=O) groups excluding carboxylic acids is 1. The Hall–Kier alpha value is -1.70. The number of rotatable bonds is 9. The Morgan fingerprint density at radius 3 is 3.04 bits per heavy atom. The van der Waals surface area contributed by atoms with Gasteiger partial charge in [-0.1, -0.05) is 6.07 Å². The van der Waals surface area contributed by atoms with Crippen LogP contribution in [0.2, 0.25) is 0 Å². The van der Waals surface area contributed by atoms with E-state index in [0.717, 1.165) is 22.8 Å². The molecule has 0 saturated carbocycles. The number of hydrogen-bond acceptors (Lipinski definition) is 6. The Morgan fingerprint density at radius 2 is 2.35 bits per heavy atom. The van der Waals surface area contributed by atoms with E-state index in [4.69, 9.17) is 9.15 Å². The maximum Gasteiger partial charge on any atom is 0.236 e. The van der Waals surface area contributed by atoms with Gasteiger partial charge >= 0.3 is 0 Å². The van der Waals surface area contributed by atoms with Gasteiger partial charge in [0, 0.05) is 26.8 Å². The fourth-order valence-electron chi connectivity index (χ4n) is 2.14. The van der Waals surface area contributed by atoms with Crippen molar-refractivity contribution in [3.8, 4) is 10.8 Å². The topological polar surface area (TPSA) is 67.6 Å². The molecule has 23 heavy (non-hydrogen) atoms. The predicted molar refractivity (Wildman–Crippen MR) is 90.4 cm³/mol. The molecule has 2 rings (SSSR count). The largest absolute Gasteiger partial charge is 0.440 e. The zero-order chi connectivity index (χ0) is 16.7. The summed E-state index contributed by atoms with van der Waals surface area (Å²) in [5.41, 5.74) is 0.864. The van der Waals surface area contributed by atoms with E-state index in [-0.39, 0.29) is 5.91 Å². The second-order valence-corrected chi connectivity index (χ2v) is 6.32. The third kappa shape index (κ3) is 5.46. The molecule has 1 N–H and O–H groups in total. The van der Waals surface area contributed by atoms with Crippen LogP contribution in [0.15, 0.2) is 21.9 Å². The smallest absolute Gasteiger partial charge is 0.236 e. The van der Waals surface area contributed by atoms with Gasteiger partial charge in [-0.15, -0.1) is 11.3 Å². The number of likely N-dealkylation sites (N-methyl/N-ethyl adjacent to an activating group) is 1. The molecular formula is C16H23N3O3S. The molecule has 2 aromatic rings. The molecule has 0 aromatic carbocycles. The average Bonchev–Trinajstić information content (AvgIpc) is 3.14. The summed E-state index contributed by atoms with van der Waals surface area (Å²) in [5, 5.41) is 4.87. The van der Waals surface area contributed by atoms with Gasteiger partial charge in [0.1, 0.15) is 5.76 Å². The van der Waals surface area contributed by atoms with E-state index >= 15 is 0 Å². The molecule has 126 valence electrons. The van der Waals surface area contributed by atoms with E-state index < -0.39 is 0 Å². The van der Waals surface area contributed by atoms with Crippen molar-refractivity contribution >= 4 is 17.2 Å². The van der Waals surface area contributed by atoms with Gasteiger partial charge < -0.3 is 14.5 Å². The van der Waals surface area contributed by atoms with E-state index in [9.17, 15) is 4.79 Å². The summed E-state index contributed by atoms with van der Waals surface area (Å²) in [6.45, 7) is 4.09. The summed E-state index contributed by atoms with van der Waals surface area (Å²) in [6.07, 6.45) is 0.818. The fourth-order valence-corrected chi connectivity index (χ4v) is 2.79. The number of nitrogens with one attached hydrogen (secondary N) is 1. The first kappa shape index (κ1) is 17.7. The molecule has 0 fully saturated rings. The van der Waals surface area contributed by atoms with Crippen LogP contribution in [0.25, 0.3) is 10.8 Å².